The van der Waals surface area contributed by atoms with E-state index in [1.807, 2.05) is 6.92 Å². The second-order valence-corrected chi connectivity index (χ2v) is 5.78. The maximum absolute atomic E-state index is 5.79. The molecular formula is C14H23ClN4. The van der Waals surface area contributed by atoms with Gasteiger partial charge in [0.05, 0.1) is 0 Å². The fourth-order valence-corrected chi connectivity index (χ4v) is 2.55. The highest BCUT2D eigenvalue weighted by atomic mass is 35.5. The molecule has 0 radical (unpaired) electrons. The SMILES string of the molecule is Cc1cc(N2CCN(CCCl)CC2)nc(C(C)C)n1. The topological polar surface area (TPSA) is 32.3 Å². The third kappa shape index (κ3) is 3.80. The Balaban J connectivity index is 2.06. The van der Waals surface area contributed by atoms with Crippen molar-refractivity contribution < 1.29 is 0 Å². The summed E-state index contributed by atoms with van der Waals surface area (Å²) in [5.41, 5.74) is 1.05. The van der Waals surface area contributed by atoms with Gasteiger partial charge in [-0.1, -0.05) is 13.8 Å². The van der Waals surface area contributed by atoms with Crippen LogP contribution in [-0.2, 0) is 0 Å². The zero-order chi connectivity index (χ0) is 13.8. The molecule has 0 amide bonds. The number of anilines is 1. The number of aromatic nitrogens is 2. The molecule has 1 aliphatic rings. The van der Waals surface area contributed by atoms with E-state index in [0.29, 0.717) is 11.8 Å². The average molecular weight is 283 g/mol. The van der Waals surface area contributed by atoms with Gasteiger partial charge in [-0.3, -0.25) is 4.90 Å². The normalized spacial score (nSPS) is 17.2. The fraction of sp³-hybridized carbons (Fsp3) is 0.714. The molecule has 0 atom stereocenters. The van der Waals surface area contributed by atoms with Crippen LogP contribution >= 0.6 is 11.6 Å². The van der Waals surface area contributed by atoms with Crippen LogP contribution in [0.1, 0.15) is 31.3 Å². The first-order valence-corrected chi connectivity index (χ1v) is 7.52. The van der Waals surface area contributed by atoms with Crippen molar-refractivity contribution in [1.29, 1.82) is 0 Å². The van der Waals surface area contributed by atoms with E-state index < -0.39 is 0 Å². The van der Waals surface area contributed by atoms with E-state index in [1.165, 1.54) is 0 Å². The van der Waals surface area contributed by atoms with Crippen molar-refractivity contribution >= 4 is 17.4 Å². The van der Waals surface area contributed by atoms with Gasteiger partial charge in [0.25, 0.3) is 0 Å². The predicted octanol–water partition coefficient (Wildman–Crippen LogP) is 2.27. The Bertz CT molecular complexity index is 414. The quantitative estimate of drug-likeness (QED) is 0.793. The highest BCUT2D eigenvalue weighted by molar-refractivity contribution is 6.18. The second-order valence-electron chi connectivity index (χ2n) is 5.40. The van der Waals surface area contributed by atoms with Crippen LogP contribution in [0.2, 0.25) is 0 Å². The Labute approximate surface area is 120 Å². The van der Waals surface area contributed by atoms with E-state index >= 15 is 0 Å². The Morgan fingerprint density at radius 2 is 1.89 bits per heavy atom. The molecule has 0 saturated carbocycles. The van der Waals surface area contributed by atoms with Gasteiger partial charge >= 0.3 is 0 Å². The maximum Gasteiger partial charge on any atom is 0.133 e. The smallest absolute Gasteiger partial charge is 0.133 e. The van der Waals surface area contributed by atoms with Gasteiger partial charge in [0.2, 0.25) is 0 Å². The summed E-state index contributed by atoms with van der Waals surface area (Å²) in [5.74, 6) is 3.10. The molecule has 1 aromatic rings. The molecule has 1 fully saturated rings. The van der Waals surface area contributed by atoms with Crippen LogP contribution in [0, 0.1) is 6.92 Å². The monoisotopic (exact) mass is 282 g/mol. The first-order valence-electron chi connectivity index (χ1n) is 6.99. The van der Waals surface area contributed by atoms with Crippen LogP contribution in [0.25, 0.3) is 0 Å². The van der Waals surface area contributed by atoms with Gasteiger partial charge in [0, 0.05) is 56.3 Å². The summed E-state index contributed by atoms with van der Waals surface area (Å²) in [5, 5.41) is 0. The highest BCUT2D eigenvalue weighted by Crippen LogP contribution is 2.18. The first kappa shape index (κ1) is 14.5. The van der Waals surface area contributed by atoms with Gasteiger partial charge in [-0.2, -0.15) is 0 Å². The van der Waals surface area contributed by atoms with E-state index in [-0.39, 0.29) is 0 Å². The van der Waals surface area contributed by atoms with Crippen LogP contribution in [0.15, 0.2) is 6.07 Å². The lowest BCUT2D eigenvalue weighted by Crippen LogP contribution is -2.47. The van der Waals surface area contributed by atoms with Crippen LogP contribution in [0.3, 0.4) is 0 Å². The molecule has 0 bridgehead atoms. The minimum atomic E-state index is 0.371. The number of rotatable bonds is 4. The zero-order valence-electron chi connectivity index (χ0n) is 12.1. The van der Waals surface area contributed by atoms with Crippen LogP contribution in [-0.4, -0.2) is 53.5 Å². The molecule has 5 heteroatoms. The molecule has 106 valence electrons. The lowest BCUT2D eigenvalue weighted by Gasteiger charge is -2.35. The zero-order valence-corrected chi connectivity index (χ0v) is 12.8. The lowest BCUT2D eigenvalue weighted by atomic mass is 10.2. The summed E-state index contributed by atoms with van der Waals surface area (Å²) < 4.78 is 0. The van der Waals surface area contributed by atoms with E-state index in [4.69, 9.17) is 16.6 Å². The molecule has 1 aromatic heterocycles. The van der Waals surface area contributed by atoms with Crippen molar-refractivity contribution in [2.45, 2.75) is 26.7 Å². The molecule has 0 aliphatic carbocycles. The molecule has 2 heterocycles. The van der Waals surface area contributed by atoms with Crippen molar-refractivity contribution in [3.8, 4) is 0 Å². The first-order chi connectivity index (χ1) is 9.10. The van der Waals surface area contributed by atoms with Gasteiger partial charge in [-0.05, 0) is 6.92 Å². The summed E-state index contributed by atoms with van der Waals surface area (Å²) in [6.07, 6.45) is 0. The van der Waals surface area contributed by atoms with Crippen molar-refractivity contribution in [3.05, 3.63) is 17.6 Å². The summed E-state index contributed by atoms with van der Waals surface area (Å²) in [6.45, 7) is 11.5. The molecule has 4 nitrogen and oxygen atoms in total. The minimum Gasteiger partial charge on any atom is -0.354 e. The van der Waals surface area contributed by atoms with Gasteiger partial charge in [-0.15, -0.1) is 11.6 Å². The van der Waals surface area contributed by atoms with E-state index in [0.717, 1.165) is 50.1 Å². The van der Waals surface area contributed by atoms with Crippen molar-refractivity contribution in [3.63, 3.8) is 0 Å². The summed E-state index contributed by atoms with van der Waals surface area (Å²) in [4.78, 5) is 14.0. The summed E-state index contributed by atoms with van der Waals surface area (Å²) >= 11 is 5.79. The van der Waals surface area contributed by atoms with Crippen LogP contribution in [0.5, 0.6) is 0 Å². The Kier molecular flexibility index (Phi) is 4.99. The van der Waals surface area contributed by atoms with Crippen molar-refractivity contribution in [1.82, 2.24) is 14.9 Å². The number of nitrogens with zero attached hydrogens (tertiary/aromatic N) is 4. The number of halogens is 1. The third-order valence-electron chi connectivity index (χ3n) is 3.47. The molecule has 0 N–H and O–H groups in total. The molecule has 0 unspecified atom stereocenters. The standard InChI is InChI=1S/C14H23ClN4/c1-11(2)14-16-12(3)10-13(17-14)19-8-6-18(5-4-15)7-9-19/h10-11H,4-9H2,1-3H3. The molecule has 0 aromatic carbocycles. The highest BCUT2D eigenvalue weighted by Gasteiger charge is 2.18. The minimum absolute atomic E-state index is 0.371. The average Bonchev–Trinajstić information content (AvgIpc) is 2.39. The largest absolute Gasteiger partial charge is 0.354 e. The molecule has 0 spiro atoms. The molecule has 1 saturated heterocycles. The molecule has 1 aliphatic heterocycles. The number of alkyl halides is 1. The second kappa shape index (κ2) is 6.53. The van der Waals surface area contributed by atoms with E-state index in [1.54, 1.807) is 0 Å². The van der Waals surface area contributed by atoms with Crippen LogP contribution in [0.4, 0.5) is 5.82 Å². The number of hydrogen-bond donors (Lipinski definition) is 0. The van der Waals surface area contributed by atoms with Crippen LogP contribution < -0.4 is 4.90 Å². The van der Waals surface area contributed by atoms with Crippen molar-refractivity contribution in [2.75, 3.05) is 43.5 Å². The number of piperazine rings is 1. The maximum atomic E-state index is 5.79. The van der Waals surface area contributed by atoms with Gasteiger partial charge in [0.1, 0.15) is 11.6 Å². The third-order valence-corrected chi connectivity index (χ3v) is 3.64. The van der Waals surface area contributed by atoms with E-state index in [2.05, 4.69) is 34.7 Å². The summed E-state index contributed by atoms with van der Waals surface area (Å²) in [7, 11) is 0. The molecule has 19 heavy (non-hydrogen) atoms. The predicted molar refractivity (Wildman–Crippen MR) is 80.2 cm³/mol. The van der Waals surface area contributed by atoms with E-state index in [9.17, 15) is 0 Å². The Morgan fingerprint density at radius 3 is 2.47 bits per heavy atom. The number of hydrogen-bond acceptors (Lipinski definition) is 4. The lowest BCUT2D eigenvalue weighted by molar-refractivity contribution is 0.272. The Hall–Kier alpha value is -0.870. The summed E-state index contributed by atoms with van der Waals surface area (Å²) in [6, 6.07) is 2.09. The molecule has 2 rings (SSSR count). The Morgan fingerprint density at radius 1 is 1.21 bits per heavy atom. The molecular weight excluding hydrogens is 260 g/mol. The van der Waals surface area contributed by atoms with Gasteiger partial charge < -0.3 is 4.90 Å². The van der Waals surface area contributed by atoms with Gasteiger partial charge in [-0.25, -0.2) is 9.97 Å². The fourth-order valence-electron chi connectivity index (χ4n) is 2.31. The van der Waals surface area contributed by atoms with Crippen molar-refractivity contribution in [2.24, 2.45) is 0 Å². The number of aryl methyl sites for hydroxylation is 1. The van der Waals surface area contributed by atoms with Gasteiger partial charge in [0.15, 0.2) is 0 Å².